The summed E-state index contributed by atoms with van der Waals surface area (Å²) in [6.07, 6.45) is 0.592. The average Bonchev–Trinajstić information content (AvgIpc) is 2.91. The first-order valence-corrected chi connectivity index (χ1v) is 8.89. The van der Waals surface area contributed by atoms with Gasteiger partial charge >= 0.3 is 0 Å². The van der Waals surface area contributed by atoms with Gasteiger partial charge in [-0.2, -0.15) is 0 Å². The zero-order valence-electron chi connectivity index (χ0n) is 13.9. The molecule has 2 aliphatic heterocycles. The molecule has 1 aromatic carbocycles. The van der Waals surface area contributed by atoms with Crippen molar-refractivity contribution in [2.45, 2.75) is 32.4 Å². The quantitative estimate of drug-likeness (QED) is 0.754. The smallest absolute Gasteiger partial charge is 0.239 e. The van der Waals surface area contributed by atoms with E-state index in [1.807, 2.05) is 36.1 Å². The first-order chi connectivity index (χ1) is 11.0. The van der Waals surface area contributed by atoms with Gasteiger partial charge in [-0.05, 0) is 38.5 Å². The first-order valence-electron chi connectivity index (χ1n) is 8.10. The standard InChI is InChI=1S/C17H22BrN3O2.ClH/c1-11-12(2)20(9-7-19-11)16(22)15-6-8-21(17(15)23)14-5-3-4-13(18)10-14;/h3-5,10-12,15,19H,6-9H2,1-2H3;1H. The summed E-state index contributed by atoms with van der Waals surface area (Å²) in [6, 6.07) is 8.03. The number of carbonyl (C=O) groups excluding carboxylic acids is 2. The molecule has 1 N–H and O–H groups in total. The lowest BCUT2D eigenvalue weighted by atomic mass is 10.0. The van der Waals surface area contributed by atoms with Crippen LogP contribution in [0.15, 0.2) is 28.7 Å². The molecule has 24 heavy (non-hydrogen) atoms. The molecule has 3 unspecified atom stereocenters. The minimum atomic E-state index is -0.540. The number of halogens is 2. The van der Waals surface area contributed by atoms with Crippen LogP contribution >= 0.6 is 28.3 Å². The maximum atomic E-state index is 12.9. The monoisotopic (exact) mass is 415 g/mol. The number of hydrogen-bond donors (Lipinski definition) is 1. The van der Waals surface area contributed by atoms with Gasteiger partial charge in [0.1, 0.15) is 5.92 Å². The second-order valence-corrected chi connectivity index (χ2v) is 7.24. The molecule has 2 fully saturated rings. The van der Waals surface area contributed by atoms with Crippen LogP contribution in [0.4, 0.5) is 5.69 Å². The molecule has 0 aliphatic carbocycles. The Balaban J connectivity index is 0.00000208. The van der Waals surface area contributed by atoms with Crippen molar-refractivity contribution in [3.05, 3.63) is 28.7 Å². The van der Waals surface area contributed by atoms with Crippen molar-refractivity contribution in [1.82, 2.24) is 10.2 Å². The number of piperazine rings is 1. The Labute approximate surface area is 157 Å². The fourth-order valence-corrected chi connectivity index (χ4v) is 3.76. The zero-order valence-corrected chi connectivity index (χ0v) is 16.3. The second kappa shape index (κ2) is 7.85. The van der Waals surface area contributed by atoms with Crippen LogP contribution in [0, 0.1) is 5.92 Å². The van der Waals surface area contributed by atoms with E-state index in [1.54, 1.807) is 4.90 Å². The van der Waals surface area contributed by atoms with Gasteiger partial charge in [-0.15, -0.1) is 12.4 Å². The minimum Gasteiger partial charge on any atom is -0.336 e. The summed E-state index contributed by atoms with van der Waals surface area (Å²) in [7, 11) is 0. The molecule has 2 amide bonds. The average molecular weight is 417 g/mol. The van der Waals surface area contributed by atoms with Crippen LogP contribution in [-0.2, 0) is 9.59 Å². The number of nitrogens with zero attached hydrogens (tertiary/aromatic N) is 2. The van der Waals surface area contributed by atoms with Gasteiger partial charge in [0, 0.05) is 41.9 Å². The summed E-state index contributed by atoms with van der Waals surface area (Å²) < 4.78 is 0.933. The van der Waals surface area contributed by atoms with Crippen molar-refractivity contribution in [2.75, 3.05) is 24.5 Å². The summed E-state index contributed by atoms with van der Waals surface area (Å²) in [4.78, 5) is 29.2. The molecule has 132 valence electrons. The predicted octanol–water partition coefficient (Wildman–Crippen LogP) is 2.43. The molecule has 7 heteroatoms. The van der Waals surface area contributed by atoms with E-state index in [4.69, 9.17) is 0 Å². The van der Waals surface area contributed by atoms with Crippen molar-refractivity contribution < 1.29 is 9.59 Å². The topological polar surface area (TPSA) is 52.7 Å². The molecule has 0 radical (unpaired) electrons. The highest BCUT2D eigenvalue weighted by molar-refractivity contribution is 9.10. The highest BCUT2D eigenvalue weighted by atomic mass is 79.9. The predicted molar refractivity (Wildman–Crippen MR) is 100 cm³/mol. The van der Waals surface area contributed by atoms with Crippen LogP contribution in [0.5, 0.6) is 0 Å². The summed E-state index contributed by atoms with van der Waals surface area (Å²) >= 11 is 3.43. The van der Waals surface area contributed by atoms with Gasteiger partial charge in [0.25, 0.3) is 0 Å². The van der Waals surface area contributed by atoms with Gasteiger partial charge in [-0.3, -0.25) is 9.59 Å². The van der Waals surface area contributed by atoms with Gasteiger partial charge in [0.15, 0.2) is 0 Å². The van der Waals surface area contributed by atoms with E-state index in [1.165, 1.54) is 0 Å². The maximum Gasteiger partial charge on any atom is 0.239 e. The number of benzene rings is 1. The van der Waals surface area contributed by atoms with Gasteiger partial charge in [0.05, 0.1) is 0 Å². The van der Waals surface area contributed by atoms with Crippen LogP contribution in [0.1, 0.15) is 20.3 Å². The lowest BCUT2D eigenvalue weighted by molar-refractivity contribution is -0.142. The molecule has 2 aliphatic rings. The second-order valence-electron chi connectivity index (χ2n) is 6.33. The largest absolute Gasteiger partial charge is 0.336 e. The number of amides is 2. The molecule has 5 nitrogen and oxygen atoms in total. The lowest BCUT2D eigenvalue weighted by Gasteiger charge is -2.39. The third-order valence-corrected chi connectivity index (χ3v) is 5.43. The van der Waals surface area contributed by atoms with Crippen molar-refractivity contribution in [1.29, 1.82) is 0 Å². The minimum absolute atomic E-state index is 0. The van der Waals surface area contributed by atoms with Crippen LogP contribution in [0.3, 0.4) is 0 Å². The molecule has 3 rings (SSSR count). The van der Waals surface area contributed by atoms with E-state index in [9.17, 15) is 9.59 Å². The Hall–Kier alpha value is -1.11. The number of carbonyl (C=O) groups is 2. The van der Waals surface area contributed by atoms with Crippen molar-refractivity contribution in [3.8, 4) is 0 Å². The number of rotatable bonds is 2. The third-order valence-electron chi connectivity index (χ3n) is 4.94. The first kappa shape index (κ1) is 19.2. The molecular weight excluding hydrogens is 394 g/mol. The number of hydrogen-bond acceptors (Lipinski definition) is 3. The van der Waals surface area contributed by atoms with E-state index >= 15 is 0 Å². The number of nitrogens with one attached hydrogen (secondary N) is 1. The summed E-state index contributed by atoms with van der Waals surface area (Å²) in [5, 5.41) is 3.36. The Bertz CT molecular complexity index is 628. The van der Waals surface area contributed by atoms with Crippen LogP contribution in [-0.4, -0.2) is 48.4 Å². The molecule has 0 saturated carbocycles. The van der Waals surface area contributed by atoms with E-state index < -0.39 is 5.92 Å². The van der Waals surface area contributed by atoms with Crippen molar-refractivity contribution in [3.63, 3.8) is 0 Å². The molecule has 1 aromatic rings. The highest BCUT2D eigenvalue weighted by Crippen LogP contribution is 2.29. The summed E-state index contributed by atoms with van der Waals surface area (Å²) in [6.45, 7) is 6.18. The fourth-order valence-electron chi connectivity index (χ4n) is 3.38. The Kier molecular flexibility index (Phi) is 6.28. The number of anilines is 1. The lowest BCUT2D eigenvalue weighted by Crippen LogP contribution is -2.58. The molecule has 0 aromatic heterocycles. The SMILES string of the molecule is CC1NCCN(C(=O)C2CCN(c3cccc(Br)c3)C2=O)C1C.Cl. The van der Waals surface area contributed by atoms with Crippen molar-refractivity contribution in [2.24, 2.45) is 5.92 Å². The van der Waals surface area contributed by atoms with E-state index in [0.717, 1.165) is 16.7 Å². The van der Waals surface area contributed by atoms with Crippen LogP contribution < -0.4 is 10.2 Å². The molecule has 2 heterocycles. The van der Waals surface area contributed by atoms with Gasteiger partial charge in [0.2, 0.25) is 11.8 Å². The molecule has 0 bridgehead atoms. The Morgan fingerprint density at radius 1 is 1.29 bits per heavy atom. The fraction of sp³-hybridized carbons (Fsp3) is 0.529. The third kappa shape index (κ3) is 3.60. The summed E-state index contributed by atoms with van der Waals surface area (Å²) in [5.74, 6) is -0.637. The van der Waals surface area contributed by atoms with E-state index in [-0.39, 0.29) is 36.3 Å². The summed E-state index contributed by atoms with van der Waals surface area (Å²) in [5.41, 5.74) is 0.849. The van der Waals surface area contributed by atoms with E-state index in [0.29, 0.717) is 19.5 Å². The normalized spacial score (nSPS) is 27.1. The molecule has 3 atom stereocenters. The van der Waals surface area contributed by atoms with Gasteiger partial charge < -0.3 is 15.1 Å². The van der Waals surface area contributed by atoms with Gasteiger partial charge in [-0.25, -0.2) is 0 Å². The highest BCUT2D eigenvalue weighted by Gasteiger charge is 2.41. The van der Waals surface area contributed by atoms with E-state index in [2.05, 4.69) is 28.2 Å². The zero-order chi connectivity index (χ0) is 16.6. The maximum absolute atomic E-state index is 12.9. The van der Waals surface area contributed by atoms with Crippen LogP contribution in [0.25, 0.3) is 0 Å². The molecular formula is C17H23BrClN3O2. The van der Waals surface area contributed by atoms with Crippen molar-refractivity contribution >= 4 is 45.8 Å². The van der Waals surface area contributed by atoms with Crippen LogP contribution in [0.2, 0.25) is 0 Å². The molecule has 0 spiro atoms. The Morgan fingerprint density at radius 3 is 2.75 bits per heavy atom. The Morgan fingerprint density at radius 2 is 2.04 bits per heavy atom. The van der Waals surface area contributed by atoms with Gasteiger partial charge in [-0.1, -0.05) is 22.0 Å². The molecule has 2 saturated heterocycles.